The van der Waals surface area contributed by atoms with Crippen molar-refractivity contribution in [3.8, 4) is 0 Å². The summed E-state index contributed by atoms with van der Waals surface area (Å²) in [6, 6.07) is 9.82. The maximum absolute atomic E-state index is 12.0. The van der Waals surface area contributed by atoms with Crippen LogP contribution in [0.3, 0.4) is 0 Å². The first-order valence-electron chi connectivity index (χ1n) is 9.99. The normalized spacial score (nSPS) is 15.7. The SMILES string of the molecule is Cc1cc(NC2=CN(Sc3ccc(NC(=O)CCN(C)C)cc3)CC3=NC=C[N+]23)n[nH]1. The fourth-order valence-electron chi connectivity index (χ4n) is 3.10. The highest BCUT2D eigenvalue weighted by Crippen LogP contribution is 2.29. The number of aromatic amines is 1. The first-order valence-corrected chi connectivity index (χ1v) is 10.8. The van der Waals surface area contributed by atoms with Crippen LogP contribution in [0.5, 0.6) is 0 Å². The third-order valence-corrected chi connectivity index (χ3v) is 5.60. The lowest BCUT2D eigenvalue weighted by atomic mass is 10.3. The fraction of sp³-hybridized carbons (Fsp3) is 0.286. The van der Waals surface area contributed by atoms with Gasteiger partial charge in [0.15, 0.2) is 12.0 Å². The highest BCUT2D eigenvalue weighted by atomic mass is 32.2. The molecule has 4 rings (SSSR count). The second kappa shape index (κ2) is 9.38. The Morgan fingerprint density at radius 3 is 2.84 bits per heavy atom. The minimum Gasteiger partial charge on any atom is -0.326 e. The number of carbonyl (C=O) groups excluding carboxylic acids is 1. The molecular weight excluding hydrogens is 412 g/mol. The number of rotatable bonds is 8. The third kappa shape index (κ3) is 5.54. The van der Waals surface area contributed by atoms with Gasteiger partial charge in [-0.3, -0.25) is 19.5 Å². The van der Waals surface area contributed by atoms with Crippen molar-refractivity contribution >= 4 is 35.2 Å². The number of aliphatic imine (C=N–C) groups is 1. The van der Waals surface area contributed by atoms with Gasteiger partial charge in [-0.1, -0.05) is 0 Å². The van der Waals surface area contributed by atoms with Crippen LogP contribution >= 0.6 is 11.9 Å². The summed E-state index contributed by atoms with van der Waals surface area (Å²) in [5.41, 5.74) is 1.79. The van der Waals surface area contributed by atoms with E-state index >= 15 is 0 Å². The van der Waals surface area contributed by atoms with E-state index in [0.717, 1.165) is 40.3 Å². The van der Waals surface area contributed by atoms with Gasteiger partial charge in [0.1, 0.15) is 6.54 Å². The summed E-state index contributed by atoms with van der Waals surface area (Å²) in [5, 5.41) is 13.5. The van der Waals surface area contributed by atoms with E-state index in [1.165, 1.54) is 0 Å². The molecule has 0 atom stereocenters. The standard InChI is InChI=1S/C21H26N8OS/c1-15-12-18(26-25-15)24-20-14-28(13-19-22-9-11-29(19)20)31-17-6-4-16(5-7-17)23-21(30)8-10-27(2)3/h4-7,9,11-12,14H,8,10,13H2,1-3H3,(H,23,30)(H2,24,25,26)/q+1. The molecule has 0 fully saturated rings. The number of fused-ring (bicyclic) bond motifs is 1. The summed E-state index contributed by atoms with van der Waals surface area (Å²) < 4.78 is 2.12. The predicted octanol–water partition coefficient (Wildman–Crippen LogP) is 2.87. The van der Waals surface area contributed by atoms with Crippen molar-refractivity contribution in [3.63, 3.8) is 0 Å². The summed E-state index contributed by atoms with van der Waals surface area (Å²) in [5.74, 6) is 2.59. The lowest BCUT2D eigenvalue weighted by Gasteiger charge is -2.24. The number of nitrogens with zero attached hydrogens (tertiary/aromatic N) is 5. The van der Waals surface area contributed by atoms with Crippen LogP contribution in [-0.4, -0.2) is 58.3 Å². The van der Waals surface area contributed by atoms with Crippen molar-refractivity contribution in [2.75, 3.05) is 37.8 Å². The van der Waals surface area contributed by atoms with Gasteiger partial charge in [-0.25, -0.2) is 0 Å². The van der Waals surface area contributed by atoms with E-state index in [0.29, 0.717) is 13.0 Å². The topological polar surface area (TPSA) is 94.6 Å². The summed E-state index contributed by atoms with van der Waals surface area (Å²) >= 11 is 1.61. The Morgan fingerprint density at radius 2 is 2.13 bits per heavy atom. The second-order valence-electron chi connectivity index (χ2n) is 7.58. The Morgan fingerprint density at radius 1 is 1.32 bits per heavy atom. The minimum absolute atomic E-state index is 0.0178. The summed E-state index contributed by atoms with van der Waals surface area (Å²) in [4.78, 5) is 21.6. The molecule has 1 radical (unpaired) electrons. The molecule has 2 aliphatic rings. The number of hydrogen-bond acceptors (Lipinski definition) is 8. The Hall–Kier alpha value is -3.08. The number of H-pyrrole nitrogens is 1. The van der Waals surface area contributed by atoms with Crippen molar-refractivity contribution < 1.29 is 4.79 Å². The maximum Gasteiger partial charge on any atom is 0.285 e. The van der Waals surface area contributed by atoms with Gasteiger partial charge >= 0.3 is 0 Å². The van der Waals surface area contributed by atoms with Gasteiger partial charge in [0.2, 0.25) is 5.91 Å². The minimum atomic E-state index is 0.0178. The van der Waals surface area contributed by atoms with Gasteiger partial charge in [-0.2, -0.15) is 10.1 Å². The van der Waals surface area contributed by atoms with E-state index in [1.807, 2.05) is 73.6 Å². The molecule has 1 amide bonds. The number of nitrogens with one attached hydrogen (secondary N) is 3. The van der Waals surface area contributed by atoms with Gasteiger partial charge in [-0.05, 0) is 62.1 Å². The molecule has 10 heteroatoms. The molecule has 1 aromatic carbocycles. The molecule has 9 nitrogen and oxygen atoms in total. The van der Waals surface area contributed by atoms with E-state index in [1.54, 1.807) is 18.1 Å². The molecule has 3 N–H and O–H groups in total. The van der Waals surface area contributed by atoms with Gasteiger partial charge in [-0.15, -0.1) is 0 Å². The van der Waals surface area contributed by atoms with Gasteiger partial charge in [0, 0.05) is 35.3 Å². The zero-order valence-corrected chi connectivity index (χ0v) is 18.6. The molecule has 0 bridgehead atoms. The highest BCUT2D eigenvalue weighted by molar-refractivity contribution is 7.97. The molecule has 31 heavy (non-hydrogen) atoms. The highest BCUT2D eigenvalue weighted by Gasteiger charge is 2.37. The van der Waals surface area contributed by atoms with Crippen molar-refractivity contribution in [1.29, 1.82) is 0 Å². The van der Waals surface area contributed by atoms with E-state index in [4.69, 9.17) is 0 Å². The van der Waals surface area contributed by atoms with Gasteiger partial charge < -0.3 is 10.2 Å². The van der Waals surface area contributed by atoms with Gasteiger partial charge in [0.05, 0.1) is 12.4 Å². The van der Waals surface area contributed by atoms with Crippen LogP contribution in [0.4, 0.5) is 11.5 Å². The lowest BCUT2D eigenvalue weighted by Crippen LogP contribution is -2.42. The number of anilines is 2. The zero-order chi connectivity index (χ0) is 21.8. The maximum atomic E-state index is 12.0. The summed E-state index contributed by atoms with van der Waals surface area (Å²) in [6.45, 7) is 3.36. The fourth-order valence-corrected chi connectivity index (χ4v) is 3.96. The van der Waals surface area contributed by atoms with Crippen LogP contribution in [0.25, 0.3) is 0 Å². The molecule has 0 saturated heterocycles. The third-order valence-electron chi connectivity index (χ3n) is 4.65. The van der Waals surface area contributed by atoms with Crippen LogP contribution < -0.4 is 15.5 Å². The van der Waals surface area contributed by atoms with Crippen LogP contribution in [0.15, 0.2) is 64.6 Å². The molecular formula is C21H26N8OS+. The van der Waals surface area contributed by atoms with E-state index in [9.17, 15) is 4.79 Å². The second-order valence-corrected chi connectivity index (χ2v) is 8.70. The molecule has 3 heterocycles. The van der Waals surface area contributed by atoms with Crippen LogP contribution in [0.2, 0.25) is 0 Å². The predicted molar refractivity (Wildman–Crippen MR) is 125 cm³/mol. The number of carbonyl (C=O) groups is 1. The van der Waals surface area contributed by atoms with E-state index in [-0.39, 0.29) is 5.91 Å². The van der Waals surface area contributed by atoms with Crippen LogP contribution in [0, 0.1) is 6.92 Å². The lowest BCUT2D eigenvalue weighted by molar-refractivity contribution is -0.116. The smallest absolute Gasteiger partial charge is 0.285 e. The Balaban J connectivity index is 1.40. The van der Waals surface area contributed by atoms with Crippen LogP contribution in [-0.2, 0) is 4.79 Å². The Kier molecular flexibility index (Phi) is 6.40. The molecule has 0 saturated carbocycles. The number of aryl methyl sites for hydroxylation is 1. The van der Waals surface area contributed by atoms with Crippen molar-refractivity contribution in [2.45, 2.75) is 18.2 Å². The number of aromatic nitrogens is 2. The molecule has 0 unspecified atom stereocenters. The van der Waals surface area contributed by atoms with Crippen molar-refractivity contribution in [3.05, 3.63) is 60.4 Å². The monoisotopic (exact) mass is 438 g/mol. The average molecular weight is 439 g/mol. The largest absolute Gasteiger partial charge is 0.326 e. The average Bonchev–Trinajstić information content (AvgIpc) is 3.37. The molecule has 161 valence electrons. The van der Waals surface area contributed by atoms with Crippen molar-refractivity contribution in [1.82, 2.24) is 24.3 Å². The van der Waals surface area contributed by atoms with E-state index in [2.05, 4.69) is 30.1 Å². The van der Waals surface area contributed by atoms with Crippen LogP contribution in [0.1, 0.15) is 12.1 Å². The molecule has 0 spiro atoms. The van der Waals surface area contributed by atoms with E-state index < -0.39 is 0 Å². The Bertz CT molecular complexity index is 1020. The number of amides is 1. The quantitative estimate of drug-likeness (QED) is 0.433. The number of benzene rings is 1. The zero-order valence-electron chi connectivity index (χ0n) is 17.8. The van der Waals surface area contributed by atoms with Gasteiger partial charge in [0.25, 0.3) is 11.7 Å². The molecule has 2 aliphatic heterocycles. The Labute approximate surface area is 186 Å². The molecule has 0 aliphatic carbocycles. The first kappa shape index (κ1) is 21.2. The molecule has 2 aromatic rings. The first-order chi connectivity index (χ1) is 15.0. The number of hydrogen-bond donors (Lipinski definition) is 3. The summed E-state index contributed by atoms with van der Waals surface area (Å²) in [6.07, 6.45) is 6.24. The summed E-state index contributed by atoms with van der Waals surface area (Å²) in [7, 11) is 3.91. The number of amidine groups is 1. The molecule has 1 aromatic heterocycles. The van der Waals surface area contributed by atoms with Crippen molar-refractivity contribution in [2.24, 2.45) is 4.99 Å².